The number of carbonyl (C=O) groups is 1. The normalized spacial score (nSPS) is 12.3. The zero-order valence-corrected chi connectivity index (χ0v) is 11.2. The molecule has 1 unspecified atom stereocenters. The molecule has 0 saturated heterocycles. The zero-order chi connectivity index (χ0) is 11.7. The van der Waals surface area contributed by atoms with Crippen LogP contribution in [-0.4, -0.2) is 42.6 Å². The molecule has 0 rings (SSSR count). The van der Waals surface area contributed by atoms with Crippen LogP contribution in [0.3, 0.4) is 0 Å². The van der Waals surface area contributed by atoms with Gasteiger partial charge in [-0.25, -0.2) is 4.79 Å². The average Bonchev–Trinajstić information content (AvgIpc) is 2.24. The van der Waals surface area contributed by atoms with Crippen molar-refractivity contribution in [1.29, 1.82) is 0 Å². The van der Waals surface area contributed by atoms with E-state index in [-0.39, 0.29) is 6.03 Å². The molecule has 0 spiro atoms. The third-order valence-electron chi connectivity index (χ3n) is 2.53. The first-order valence-corrected chi connectivity index (χ1v) is 7.02. The molecule has 0 heterocycles. The number of hydrogen-bond acceptors (Lipinski definition) is 2. The van der Waals surface area contributed by atoms with Gasteiger partial charge in [0, 0.05) is 19.6 Å². The Kier molecular flexibility index (Phi) is 8.67. The highest BCUT2D eigenvalue weighted by Gasteiger charge is 2.14. The number of carbonyl (C=O) groups excluding carboxylic acids is 1. The van der Waals surface area contributed by atoms with Crippen molar-refractivity contribution in [2.45, 2.75) is 39.2 Å². The third kappa shape index (κ3) is 6.66. The van der Waals surface area contributed by atoms with Crippen LogP contribution in [0, 0.1) is 0 Å². The van der Waals surface area contributed by atoms with Crippen LogP contribution >= 0.6 is 11.8 Å². The second-order valence-electron chi connectivity index (χ2n) is 3.83. The standard InChI is InChI=1S/C11H24N2OS/c1-5-6-8-12-11(14)13(3)10(2)7-9-15-4/h10H,5-9H2,1-4H3,(H,12,14). The van der Waals surface area contributed by atoms with Gasteiger partial charge in [0.25, 0.3) is 0 Å². The molecule has 0 aliphatic rings. The Morgan fingerprint density at radius 1 is 1.53 bits per heavy atom. The van der Waals surface area contributed by atoms with Gasteiger partial charge in [0.05, 0.1) is 0 Å². The lowest BCUT2D eigenvalue weighted by molar-refractivity contribution is 0.193. The Morgan fingerprint density at radius 2 is 2.20 bits per heavy atom. The topological polar surface area (TPSA) is 32.3 Å². The van der Waals surface area contributed by atoms with Gasteiger partial charge < -0.3 is 10.2 Å². The maximum Gasteiger partial charge on any atom is 0.317 e. The van der Waals surface area contributed by atoms with Crippen LogP contribution in [0.15, 0.2) is 0 Å². The molecule has 0 fully saturated rings. The number of urea groups is 1. The van der Waals surface area contributed by atoms with Gasteiger partial charge in [0.2, 0.25) is 0 Å². The number of amides is 2. The Morgan fingerprint density at radius 3 is 2.73 bits per heavy atom. The first-order chi connectivity index (χ1) is 7.13. The quantitative estimate of drug-likeness (QED) is 0.684. The lowest BCUT2D eigenvalue weighted by atomic mass is 10.2. The van der Waals surface area contributed by atoms with Crippen molar-refractivity contribution in [3.8, 4) is 0 Å². The minimum Gasteiger partial charge on any atom is -0.338 e. The Hall–Kier alpha value is -0.380. The smallest absolute Gasteiger partial charge is 0.317 e. The summed E-state index contributed by atoms with van der Waals surface area (Å²) in [5, 5.41) is 2.92. The molecule has 0 aromatic carbocycles. The number of nitrogens with one attached hydrogen (secondary N) is 1. The van der Waals surface area contributed by atoms with Gasteiger partial charge >= 0.3 is 6.03 Å². The fourth-order valence-electron chi connectivity index (χ4n) is 1.18. The molecule has 1 atom stereocenters. The molecular formula is C11H24N2OS. The predicted molar refractivity (Wildman–Crippen MR) is 68.5 cm³/mol. The molecule has 0 aromatic heterocycles. The maximum atomic E-state index is 11.6. The molecule has 0 saturated carbocycles. The lowest BCUT2D eigenvalue weighted by Crippen LogP contribution is -2.42. The summed E-state index contributed by atoms with van der Waals surface area (Å²) in [6.07, 6.45) is 5.32. The summed E-state index contributed by atoms with van der Waals surface area (Å²) >= 11 is 1.82. The average molecular weight is 232 g/mol. The third-order valence-corrected chi connectivity index (χ3v) is 3.17. The maximum absolute atomic E-state index is 11.6. The molecule has 3 nitrogen and oxygen atoms in total. The van der Waals surface area contributed by atoms with E-state index in [4.69, 9.17) is 0 Å². The van der Waals surface area contributed by atoms with E-state index < -0.39 is 0 Å². The van der Waals surface area contributed by atoms with Crippen LogP contribution in [-0.2, 0) is 0 Å². The van der Waals surface area contributed by atoms with Crippen molar-refractivity contribution in [2.75, 3.05) is 25.6 Å². The molecule has 0 aromatic rings. The SMILES string of the molecule is CCCCNC(=O)N(C)C(C)CCSC. The first kappa shape index (κ1) is 14.6. The minimum absolute atomic E-state index is 0.0528. The number of nitrogens with zero attached hydrogens (tertiary/aromatic N) is 1. The second-order valence-corrected chi connectivity index (χ2v) is 4.81. The van der Waals surface area contributed by atoms with Gasteiger partial charge in [-0.15, -0.1) is 0 Å². The van der Waals surface area contributed by atoms with Gasteiger partial charge in [-0.1, -0.05) is 13.3 Å². The number of unbranched alkanes of at least 4 members (excludes halogenated alkanes) is 1. The minimum atomic E-state index is 0.0528. The summed E-state index contributed by atoms with van der Waals surface area (Å²) < 4.78 is 0. The van der Waals surface area contributed by atoms with Gasteiger partial charge in [-0.2, -0.15) is 11.8 Å². The van der Waals surface area contributed by atoms with Crippen molar-refractivity contribution in [3.05, 3.63) is 0 Å². The summed E-state index contributed by atoms with van der Waals surface area (Å²) in [6.45, 7) is 5.00. The Labute approximate surface area is 98.0 Å². The first-order valence-electron chi connectivity index (χ1n) is 5.63. The summed E-state index contributed by atoms with van der Waals surface area (Å²) in [4.78, 5) is 13.4. The second kappa shape index (κ2) is 8.89. The van der Waals surface area contributed by atoms with E-state index >= 15 is 0 Å². The largest absolute Gasteiger partial charge is 0.338 e. The van der Waals surface area contributed by atoms with E-state index in [0.717, 1.165) is 31.6 Å². The predicted octanol–water partition coefficient (Wildman–Crippen LogP) is 2.57. The highest BCUT2D eigenvalue weighted by molar-refractivity contribution is 7.98. The van der Waals surface area contributed by atoms with Gasteiger partial charge in [-0.3, -0.25) is 0 Å². The zero-order valence-electron chi connectivity index (χ0n) is 10.4. The molecule has 4 heteroatoms. The van der Waals surface area contributed by atoms with E-state index in [0.29, 0.717) is 6.04 Å². The van der Waals surface area contributed by atoms with E-state index in [1.807, 2.05) is 18.8 Å². The van der Waals surface area contributed by atoms with Crippen molar-refractivity contribution in [1.82, 2.24) is 10.2 Å². The molecule has 15 heavy (non-hydrogen) atoms. The van der Waals surface area contributed by atoms with E-state index in [9.17, 15) is 4.79 Å². The molecule has 0 aliphatic heterocycles. The molecule has 0 aliphatic carbocycles. The van der Waals surface area contributed by atoms with Crippen molar-refractivity contribution in [3.63, 3.8) is 0 Å². The van der Waals surface area contributed by atoms with Gasteiger partial charge in [0.15, 0.2) is 0 Å². The summed E-state index contributed by atoms with van der Waals surface area (Å²) in [6, 6.07) is 0.371. The van der Waals surface area contributed by atoms with E-state index in [2.05, 4.69) is 25.4 Å². The van der Waals surface area contributed by atoms with Crippen LogP contribution in [0.1, 0.15) is 33.1 Å². The highest BCUT2D eigenvalue weighted by Crippen LogP contribution is 2.05. The molecule has 2 amide bonds. The van der Waals surface area contributed by atoms with Crippen LogP contribution in [0.5, 0.6) is 0 Å². The molecule has 0 bridgehead atoms. The number of hydrogen-bond donors (Lipinski definition) is 1. The fourth-order valence-corrected chi connectivity index (χ4v) is 1.76. The summed E-state index contributed by atoms with van der Waals surface area (Å²) in [5.41, 5.74) is 0. The number of thioether (sulfide) groups is 1. The van der Waals surface area contributed by atoms with Gasteiger partial charge in [-0.05, 0) is 31.8 Å². The van der Waals surface area contributed by atoms with E-state index in [1.54, 1.807) is 4.90 Å². The van der Waals surface area contributed by atoms with Crippen LogP contribution in [0.2, 0.25) is 0 Å². The van der Waals surface area contributed by atoms with Crippen LogP contribution in [0.25, 0.3) is 0 Å². The van der Waals surface area contributed by atoms with E-state index in [1.165, 1.54) is 0 Å². The Balaban J connectivity index is 3.75. The van der Waals surface area contributed by atoms with Crippen molar-refractivity contribution in [2.24, 2.45) is 0 Å². The van der Waals surface area contributed by atoms with Crippen LogP contribution in [0.4, 0.5) is 4.79 Å². The molecule has 90 valence electrons. The van der Waals surface area contributed by atoms with Crippen molar-refractivity contribution >= 4 is 17.8 Å². The molecular weight excluding hydrogens is 208 g/mol. The van der Waals surface area contributed by atoms with Crippen LogP contribution < -0.4 is 5.32 Å². The molecule has 1 N–H and O–H groups in total. The number of rotatable bonds is 7. The molecule has 0 radical (unpaired) electrons. The fraction of sp³-hybridized carbons (Fsp3) is 0.909. The Bertz CT molecular complexity index is 176. The van der Waals surface area contributed by atoms with Crippen molar-refractivity contribution < 1.29 is 4.79 Å². The summed E-state index contributed by atoms with van der Waals surface area (Å²) in [5.74, 6) is 1.10. The van der Waals surface area contributed by atoms with Gasteiger partial charge in [0.1, 0.15) is 0 Å². The highest BCUT2D eigenvalue weighted by atomic mass is 32.2. The lowest BCUT2D eigenvalue weighted by Gasteiger charge is -2.25. The monoisotopic (exact) mass is 232 g/mol. The summed E-state index contributed by atoms with van der Waals surface area (Å²) in [7, 11) is 1.87.